The van der Waals surface area contributed by atoms with Crippen molar-refractivity contribution >= 4 is 34.5 Å². The highest BCUT2D eigenvalue weighted by Gasteiger charge is 2.19. The second-order valence-electron chi connectivity index (χ2n) is 4.42. The normalized spacial score (nSPS) is 14.4. The summed E-state index contributed by atoms with van der Waals surface area (Å²) >= 11 is 13.8. The van der Waals surface area contributed by atoms with Crippen LogP contribution in [0.4, 0.5) is 4.39 Å². The van der Waals surface area contributed by atoms with E-state index in [1.807, 2.05) is 12.3 Å². The molecule has 2 rings (SSSR count). The summed E-state index contributed by atoms with van der Waals surface area (Å²) in [5.41, 5.74) is 1.80. The number of hydrogen-bond donors (Lipinski definition) is 1. The first-order valence-electron chi connectivity index (χ1n) is 5.92. The Morgan fingerprint density at radius 3 is 2.53 bits per heavy atom. The molecule has 1 N–H and O–H groups in total. The maximum atomic E-state index is 13.5. The van der Waals surface area contributed by atoms with Crippen molar-refractivity contribution in [2.45, 2.75) is 25.9 Å². The van der Waals surface area contributed by atoms with E-state index in [1.54, 1.807) is 11.3 Å². The zero-order valence-electron chi connectivity index (χ0n) is 10.6. The van der Waals surface area contributed by atoms with Crippen LogP contribution in [0.5, 0.6) is 0 Å². The molecule has 2 atom stereocenters. The molecule has 2 aromatic rings. The van der Waals surface area contributed by atoms with Crippen LogP contribution in [-0.4, -0.2) is 0 Å². The van der Waals surface area contributed by atoms with Crippen molar-refractivity contribution in [2.24, 2.45) is 0 Å². The summed E-state index contributed by atoms with van der Waals surface area (Å²) in [7, 11) is 0. The van der Waals surface area contributed by atoms with Crippen LogP contribution in [0.2, 0.25) is 10.0 Å². The van der Waals surface area contributed by atoms with E-state index in [9.17, 15) is 4.39 Å². The molecule has 0 aliphatic heterocycles. The predicted molar refractivity (Wildman–Crippen MR) is 80.7 cm³/mol. The van der Waals surface area contributed by atoms with Crippen molar-refractivity contribution in [3.63, 3.8) is 0 Å². The van der Waals surface area contributed by atoms with Gasteiger partial charge in [0.1, 0.15) is 5.82 Å². The Morgan fingerprint density at radius 2 is 1.89 bits per heavy atom. The quantitative estimate of drug-likeness (QED) is 0.723. The van der Waals surface area contributed by atoms with Gasteiger partial charge in [-0.2, -0.15) is 11.3 Å². The van der Waals surface area contributed by atoms with Gasteiger partial charge in [0.2, 0.25) is 0 Å². The Labute approximate surface area is 126 Å². The molecule has 19 heavy (non-hydrogen) atoms. The molecule has 0 aliphatic rings. The maximum absolute atomic E-state index is 13.5. The van der Waals surface area contributed by atoms with Gasteiger partial charge in [0, 0.05) is 22.7 Å². The molecule has 0 amide bonds. The minimum Gasteiger partial charge on any atom is -0.304 e. The summed E-state index contributed by atoms with van der Waals surface area (Å²) in [5.74, 6) is -0.446. The molecule has 1 nitrogen and oxygen atoms in total. The third kappa shape index (κ3) is 3.29. The van der Waals surface area contributed by atoms with E-state index in [1.165, 1.54) is 17.7 Å². The zero-order valence-corrected chi connectivity index (χ0v) is 12.9. The highest BCUT2D eigenvalue weighted by atomic mass is 35.5. The third-order valence-electron chi connectivity index (χ3n) is 3.06. The molecule has 102 valence electrons. The van der Waals surface area contributed by atoms with E-state index in [-0.39, 0.29) is 17.1 Å². The fourth-order valence-corrected chi connectivity index (χ4v) is 3.47. The highest BCUT2D eigenvalue weighted by Crippen LogP contribution is 2.33. The van der Waals surface area contributed by atoms with Gasteiger partial charge in [0.25, 0.3) is 0 Å². The van der Waals surface area contributed by atoms with E-state index in [4.69, 9.17) is 23.2 Å². The number of nitrogens with one attached hydrogen (secondary N) is 1. The summed E-state index contributed by atoms with van der Waals surface area (Å²) in [6.07, 6.45) is 0. The van der Waals surface area contributed by atoms with Gasteiger partial charge in [-0.05, 0) is 48.4 Å². The number of hydrogen-bond acceptors (Lipinski definition) is 2. The first kappa shape index (κ1) is 14.8. The van der Waals surface area contributed by atoms with Gasteiger partial charge in [0.15, 0.2) is 0 Å². The van der Waals surface area contributed by atoms with Crippen LogP contribution in [0, 0.1) is 5.82 Å². The van der Waals surface area contributed by atoms with Crippen LogP contribution >= 0.6 is 34.5 Å². The minimum absolute atomic E-state index is 0.0880. The molecule has 2 unspecified atom stereocenters. The fraction of sp³-hybridized carbons (Fsp3) is 0.286. The maximum Gasteiger partial charge on any atom is 0.142 e. The van der Waals surface area contributed by atoms with E-state index < -0.39 is 5.82 Å². The van der Waals surface area contributed by atoms with Crippen molar-refractivity contribution in [3.05, 3.63) is 55.9 Å². The van der Waals surface area contributed by atoms with Gasteiger partial charge in [-0.25, -0.2) is 4.39 Å². The Kier molecular flexibility index (Phi) is 4.85. The second-order valence-corrected chi connectivity index (χ2v) is 5.99. The molecule has 5 heteroatoms. The van der Waals surface area contributed by atoms with E-state index in [2.05, 4.69) is 23.7 Å². The second kappa shape index (κ2) is 6.23. The summed E-state index contributed by atoms with van der Waals surface area (Å²) in [5, 5.41) is 8.05. The molecule has 0 spiro atoms. The third-order valence-corrected chi connectivity index (χ3v) is 4.47. The zero-order chi connectivity index (χ0) is 14.0. The topological polar surface area (TPSA) is 12.0 Å². The van der Waals surface area contributed by atoms with Gasteiger partial charge in [0.05, 0.1) is 5.02 Å². The molecule has 0 aliphatic carbocycles. The summed E-state index contributed by atoms with van der Waals surface area (Å²) < 4.78 is 13.5. The Bertz CT molecular complexity index is 557. The molecule has 0 fully saturated rings. The van der Waals surface area contributed by atoms with Gasteiger partial charge >= 0.3 is 0 Å². The Hall–Kier alpha value is -0.610. The number of halogens is 3. The molecule has 0 radical (unpaired) electrons. The first-order valence-corrected chi connectivity index (χ1v) is 7.62. The van der Waals surface area contributed by atoms with Crippen LogP contribution in [0.1, 0.15) is 37.1 Å². The molecule has 0 bridgehead atoms. The lowest BCUT2D eigenvalue weighted by Gasteiger charge is -2.22. The molecule has 1 heterocycles. The van der Waals surface area contributed by atoms with Crippen LogP contribution < -0.4 is 5.32 Å². The van der Waals surface area contributed by atoms with E-state index in [0.29, 0.717) is 10.6 Å². The molecule has 1 aromatic carbocycles. The molecule has 0 saturated carbocycles. The van der Waals surface area contributed by atoms with E-state index in [0.717, 1.165) is 0 Å². The molecular formula is C14H14Cl2FNS. The molecule has 1 aromatic heterocycles. The van der Waals surface area contributed by atoms with Crippen molar-refractivity contribution < 1.29 is 4.39 Å². The molecule has 0 saturated heterocycles. The lowest BCUT2D eigenvalue weighted by Crippen LogP contribution is -2.22. The Morgan fingerprint density at radius 1 is 1.16 bits per heavy atom. The summed E-state index contributed by atoms with van der Waals surface area (Å²) in [6.45, 7) is 3.98. The van der Waals surface area contributed by atoms with Crippen molar-refractivity contribution in [1.29, 1.82) is 0 Å². The summed E-state index contributed by atoms with van der Waals surface area (Å²) in [6, 6.07) is 4.89. The van der Waals surface area contributed by atoms with Gasteiger partial charge in [-0.3, -0.25) is 0 Å². The van der Waals surface area contributed by atoms with Gasteiger partial charge < -0.3 is 5.32 Å². The largest absolute Gasteiger partial charge is 0.304 e. The first-order chi connectivity index (χ1) is 9.00. The smallest absolute Gasteiger partial charge is 0.142 e. The fourth-order valence-electron chi connectivity index (χ4n) is 2.02. The lowest BCUT2D eigenvalue weighted by molar-refractivity contribution is 0.493. The molecular weight excluding hydrogens is 304 g/mol. The van der Waals surface area contributed by atoms with Crippen LogP contribution in [-0.2, 0) is 0 Å². The van der Waals surface area contributed by atoms with Crippen LogP contribution in [0.25, 0.3) is 0 Å². The lowest BCUT2D eigenvalue weighted by atomic mass is 10.1. The minimum atomic E-state index is -0.446. The van der Waals surface area contributed by atoms with Crippen LogP contribution in [0.15, 0.2) is 29.0 Å². The standard InChI is InChI=1S/C14H14Cl2FNS/c1-8(10-5-6-19-7-10)18-9(2)13-11(15)3-4-12(17)14(13)16/h3-9,18H,1-2H3. The Balaban J connectivity index is 2.21. The average molecular weight is 318 g/mol. The van der Waals surface area contributed by atoms with Crippen molar-refractivity contribution in [2.75, 3.05) is 0 Å². The number of benzene rings is 1. The van der Waals surface area contributed by atoms with Gasteiger partial charge in [-0.15, -0.1) is 0 Å². The van der Waals surface area contributed by atoms with Crippen molar-refractivity contribution in [1.82, 2.24) is 5.32 Å². The SMILES string of the molecule is CC(NC(C)c1c(Cl)ccc(F)c1Cl)c1ccsc1. The highest BCUT2D eigenvalue weighted by molar-refractivity contribution is 7.07. The van der Waals surface area contributed by atoms with E-state index >= 15 is 0 Å². The monoisotopic (exact) mass is 317 g/mol. The predicted octanol–water partition coefficient (Wildman–Crippen LogP) is 5.61. The average Bonchev–Trinajstić information content (AvgIpc) is 2.88. The van der Waals surface area contributed by atoms with Crippen LogP contribution in [0.3, 0.4) is 0 Å². The summed E-state index contributed by atoms with van der Waals surface area (Å²) in [4.78, 5) is 0. The number of thiophene rings is 1. The van der Waals surface area contributed by atoms with Crippen molar-refractivity contribution in [3.8, 4) is 0 Å². The number of rotatable bonds is 4. The van der Waals surface area contributed by atoms with Gasteiger partial charge in [-0.1, -0.05) is 23.2 Å².